The zero-order chi connectivity index (χ0) is 34.8. The second-order valence-corrected chi connectivity index (χ2v) is 17.6. The molecule has 0 aliphatic carbocycles. The molecule has 0 unspecified atom stereocenters. The molecule has 1 saturated heterocycles. The molecule has 0 spiro atoms. The Balaban J connectivity index is 0.000000248. The van der Waals surface area contributed by atoms with Gasteiger partial charge in [-0.15, -0.1) is 0 Å². The lowest BCUT2D eigenvalue weighted by Gasteiger charge is -2.53. The number of aliphatic hydroxyl groups excluding tert-OH is 2. The van der Waals surface area contributed by atoms with E-state index in [4.69, 9.17) is 24.8 Å². The van der Waals surface area contributed by atoms with Gasteiger partial charge in [0.1, 0.15) is 12.2 Å². The number of aromatic amines is 2. The topological polar surface area (TPSA) is 187 Å². The van der Waals surface area contributed by atoms with Gasteiger partial charge in [0.15, 0.2) is 12.2 Å². The molecule has 4 atom stereocenters. The summed E-state index contributed by atoms with van der Waals surface area (Å²) in [6.45, 7) is 16.5. The number of hydrogen-bond donors (Lipinski definition) is 4. The summed E-state index contributed by atoms with van der Waals surface area (Å²) in [5, 5.41) is 18.4. The predicted octanol–water partition coefficient (Wildman–Crippen LogP) is 1.64. The Morgan fingerprint density at radius 3 is 1.80 bits per heavy atom. The number of H-pyrrole nitrogens is 2. The number of rotatable bonds is 3. The van der Waals surface area contributed by atoms with Gasteiger partial charge in [-0.2, -0.15) is 0 Å². The van der Waals surface area contributed by atoms with Gasteiger partial charge < -0.3 is 28.5 Å². The van der Waals surface area contributed by atoms with E-state index in [1.54, 1.807) is 6.92 Å². The number of nitrogens with one attached hydrogen (secondary N) is 2. The maximum absolute atomic E-state index is 12.2. The third-order valence-corrected chi connectivity index (χ3v) is 12.9. The van der Waals surface area contributed by atoms with Gasteiger partial charge in [-0.3, -0.25) is 23.9 Å². The molecule has 45 heavy (non-hydrogen) atoms. The first-order valence-corrected chi connectivity index (χ1v) is 16.0. The Bertz CT molecular complexity index is 1690. The van der Waals surface area contributed by atoms with Crippen LogP contribution in [0, 0.1) is 0 Å². The first kappa shape index (κ1) is 34.3. The number of halogens is 1. The molecular weight excluding hydrogens is 611 g/mol. The van der Waals surface area contributed by atoms with Crippen molar-refractivity contribution in [3.63, 3.8) is 0 Å². The second kappa shape index (κ2) is 13.4. The van der Waals surface area contributed by atoms with Crippen LogP contribution < -0.4 is 22.5 Å². The van der Waals surface area contributed by atoms with Gasteiger partial charge in [-0.05, 0) is 13.8 Å². The molecule has 1 fully saturated rings. The molecule has 5 rings (SSSR count). The molecule has 16 heteroatoms. The van der Waals surface area contributed by atoms with E-state index < -0.39 is 50.4 Å². The molecule has 0 bridgehead atoms. The van der Waals surface area contributed by atoms with Crippen LogP contribution in [0.3, 0.4) is 0 Å². The van der Waals surface area contributed by atoms with Gasteiger partial charge in [0.25, 0.3) is 11.1 Å². The highest BCUT2D eigenvalue weighted by Gasteiger charge is 2.63. The molecular formula is C29H43FN4O10Si. The van der Waals surface area contributed by atoms with Crippen LogP contribution in [-0.2, 0) is 18.3 Å². The zero-order valence-corrected chi connectivity index (χ0v) is 27.7. The summed E-state index contributed by atoms with van der Waals surface area (Å²) in [7, 11) is -3.63. The standard InChI is InChI=1S/C18H28N2O5Si.C10H12N2O5.CH3F/c1-11-14-12(24-15(11)20-9-8-13(21)19-16(20)22)10-23-26(25-14,17(2,3)4)18(5,6)7;1-5-8(15)6(4-13)17-9(5)12-3-2-7(14)11-10(12)16;1-2/h8-9,12,14H,10H2,1-7H3,(H,19,21,22);2-3,6,8,13,15H,4H2,1H3,(H,11,14,16);1H3/t12-,14+;6-,8+;/m11./s1/i;;1D. The van der Waals surface area contributed by atoms with Crippen molar-refractivity contribution in [2.45, 2.75) is 89.9 Å². The Morgan fingerprint density at radius 2 is 1.40 bits per heavy atom. The molecule has 4 N–H and O–H groups in total. The van der Waals surface area contributed by atoms with E-state index in [0.717, 1.165) is 10.1 Å². The quantitative estimate of drug-likeness (QED) is 0.354. The Labute approximate surface area is 261 Å². The first-order valence-electron chi connectivity index (χ1n) is 14.9. The molecule has 0 aromatic carbocycles. The van der Waals surface area contributed by atoms with Crippen LogP contribution in [0.25, 0.3) is 11.8 Å². The first-order chi connectivity index (χ1) is 21.3. The summed E-state index contributed by atoms with van der Waals surface area (Å²) in [5.41, 5.74) is -0.858. The fourth-order valence-corrected chi connectivity index (χ4v) is 10.8. The third kappa shape index (κ3) is 6.84. The van der Waals surface area contributed by atoms with Gasteiger partial charge >= 0.3 is 19.9 Å². The summed E-state index contributed by atoms with van der Waals surface area (Å²) >= 11 is 0. The number of fused-ring (bicyclic) bond motifs is 1. The van der Waals surface area contributed by atoms with E-state index in [-0.39, 0.29) is 34.8 Å². The van der Waals surface area contributed by atoms with E-state index in [2.05, 4.69) is 51.5 Å². The predicted molar refractivity (Wildman–Crippen MR) is 166 cm³/mol. The number of alkyl halides is 1. The highest BCUT2D eigenvalue weighted by molar-refractivity contribution is 6.73. The summed E-state index contributed by atoms with van der Waals surface area (Å²) < 4.78 is 42.3. The van der Waals surface area contributed by atoms with Gasteiger partial charge in [-0.25, -0.2) is 18.7 Å². The van der Waals surface area contributed by atoms with Crippen LogP contribution in [0.2, 0.25) is 10.1 Å². The lowest BCUT2D eigenvalue weighted by atomic mass is 10.1. The van der Waals surface area contributed by atoms with Crippen molar-refractivity contribution >= 4 is 20.3 Å². The van der Waals surface area contributed by atoms with E-state index in [1.165, 1.54) is 29.1 Å². The minimum absolute atomic E-state index is 0.131. The molecule has 2 aromatic rings. The van der Waals surface area contributed by atoms with Gasteiger partial charge in [0, 0.05) is 45.7 Å². The molecule has 250 valence electrons. The van der Waals surface area contributed by atoms with Crippen LogP contribution in [0.4, 0.5) is 4.39 Å². The van der Waals surface area contributed by atoms with Crippen LogP contribution in [-0.4, -0.2) is 82.7 Å². The van der Waals surface area contributed by atoms with Crippen LogP contribution in [0.15, 0.2) is 54.9 Å². The molecule has 5 heterocycles. The van der Waals surface area contributed by atoms with Crippen LogP contribution in [0.5, 0.6) is 0 Å². The fourth-order valence-electron chi connectivity index (χ4n) is 5.80. The van der Waals surface area contributed by atoms with Crippen molar-refractivity contribution in [1.29, 1.82) is 0 Å². The zero-order valence-electron chi connectivity index (χ0n) is 27.7. The summed E-state index contributed by atoms with van der Waals surface area (Å²) in [6, 6.07) is 2.47. The minimum Gasteiger partial charge on any atom is -0.470 e. The SMILES string of the molecule is CC1=C(n2ccc(=O)[nH]c2=O)O[C@@H]2CO[Si](C(C)(C)C)(C(C)(C)C)O[C@@H]12.CC1=C(n2ccc(=O)[nH]c2=O)O[C@H](CO)[C@H]1O.[2H]CF. The van der Waals surface area contributed by atoms with Crippen molar-refractivity contribution < 1.29 is 34.3 Å². The maximum atomic E-state index is 12.2. The molecule has 3 aliphatic rings. The van der Waals surface area contributed by atoms with Crippen molar-refractivity contribution in [1.82, 2.24) is 19.1 Å². The van der Waals surface area contributed by atoms with Gasteiger partial charge in [0.05, 0.1) is 21.7 Å². The average molecular weight is 656 g/mol. The van der Waals surface area contributed by atoms with Gasteiger partial charge in [-0.1, -0.05) is 41.5 Å². The Kier molecular flexibility index (Phi) is 10.2. The molecule has 0 radical (unpaired) electrons. The van der Waals surface area contributed by atoms with Crippen molar-refractivity contribution in [3.8, 4) is 0 Å². The molecule has 0 amide bonds. The number of aliphatic hydroxyl groups is 2. The summed E-state index contributed by atoms with van der Waals surface area (Å²) in [5.74, 6) is 0.551. The number of nitrogens with zero attached hydrogens (tertiary/aromatic N) is 2. The normalized spacial score (nSPS) is 24.4. The summed E-state index contributed by atoms with van der Waals surface area (Å²) in [6.07, 6.45) is 0.373. The lowest BCUT2D eigenvalue weighted by molar-refractivity contribution is -0.0446. The molecule has 14 nitrogen and oxygen atoms in total. The largest absolute Gasteiger partial charge is 0.470 e. The smallest absolute Gasteiger partial charge is 0.350 e. The summed E-state index contributed by atoms with van der Waals surface area (Å²) in [4.78, 5) is 50.3. The molecule has 2 aromatic heterocycles. The lowest BCUT2D eigenvalue weighted by Crippen LogP contribution is -2.64. The van der Waals surface area contributed by atoms with Crippen molar-refractivity contribution in [2.24, 2.45) is 0 Å². The highest BCUT2D eigenvalue weighted by atomic mass is 28.4. The Morgan fingerprint density at radius 1 is 0.933 bits per heavy atom. The number of aromatic nitrogens is 4. The molecule has 0 saturated carbocycles. The second-order valence-electron chi connectivity index (χ2n) is 12.8. The number of ether oxygens (including phenoxy) is 2. The third-order valence-electron chi connectivity index (χ3n) is 7.74. The average Bonchev–Trinajstić information content (AvgIpc) is 3.43. The number of hydrogen-bond acceptors (Lipinski definition) is 10. The minimum atomic E-state index is -2.63. The monoisotopic (exact) mass is 655 g/mol. The fraction of sp³-hybridized carbons (Fsp3) is 0.586. The van der Waals surface area contributed by atoms with Crippen molar-refractivity contribution in [3.05, 3.63) is 77.3 Å². The Hall–Kier alpha value is -3.57. The van der Waals surface area contributed by atoms with E-state index in [1.807, 2.05) is 6.92 Å². The maximum Gasteiger partial charge on any atom is 0.350 e. The van der Waals surface area contributed by atoms with E-state index >= 15 is 0 Å². The van der Waals surface area contributed by atoms with Crippen LogP contribution in [0.1, 0.15) is 56.8 Å². The van der Waals surface area contributed by atoms with E-state index in [0.29, 0.717) is 18.1 Å². The van der Waals surface area contributed by atoms with Crippen LogP contribution >= 0.6 is 0 Å². The van der Waals surface area contributed by atoms with E-state index in [9.17, 15) is 28.7 Å². The van der Waals surface area contributed by atoms with Gasteiger partial charge in [0.2, 0.25) is 11.8 Å². The highest BCUT2D eigenvalue weighted by Crippen LogP contribution is 2.55. The molecule has 3 aliphatic heterocycles. The van der Waals surface area contributed by atoms with Crippen molar-refractivity contribution in [2.75, 3.05) is 20.4 Å².